The summed E-state index contributed by atoms with van der Waals surface area (Å²) in [6, 6.07) is 9.55. The van der Waals surface area contributed by atoms with Crippen molar-refractivity contribution in [2.75, 3.05) is 18.0 Å². The topological polar surface area (TPSA) is 109 Å². The quantitative estimate of drug-likeness (QED) is 0.400. The number of halogens is 1. The number of nitrogens with zero attached hydrogens (tertiary/aromatic N) is 5. The van der Waals surface area contributed by atoms with Gasteiger partial charge in [-0.3, -0.25) is 4.68 Å². The summed E-state index contributed by atoms with van der Waals surface area (Å²) in [6.07, 6.45) is 6.82. The van der Waals surface area contributed by atoms with Gasteiger partial charge in [-0.2, -0.15) is 5.10 Å². The minimum absolute atomic E-state index is 0.135. The maximum atomic E-state index is 12.8. The minimum atomic E-state index is -3.60. The van der Waals surface area contributed by atoms with Crippen molar-refractivity contribution in [3.05, 3.63) is 54.1 Å². The fourth-order valence-corrected chi connectivity index (χ4v) is 5.68. The lowest BCUT2D eigenvalue weighted by atomic mass is 10.1. The number of aryl methyl sites for hydroxylation is 1. The van der Waals surface area contributed by atoms with Crippen LogP contribution in [-0.4, -0.2) is 52.3 Å². The molecule has 0 bridgehead atoms. The molecule has 1 aliphatic rings. The smallest absolute Gasteiger partial charge is 0.243 e. The van der Waals surface area contributed by atoms with Gasteiger partial charge in [0, 0.05) is 42.6 Å². The zero-order valence-corrected chi connectivity index (χ0v) is 20.3. The van der Waals surface area contributed by atoms with Gasteiger partial charge in [-0.1, -0.05) is 30.7 Å². The first-order valence-electron chi connectivity index (χ1n) is 11.3. The van der Waals surface area contributed by atoms with Crippen molar-refractivity contribution in [3.8, 4) is 11.3 Å². The van der Waals surface area contributed by atoms with E-state index in [9.17, 15) is 8.42 Å². The Balaban J connectivity index is 1.29. The third-order valence-corrected chi connectivity index (χ3v) is 7.78. The fraction of sp³-hybridized carbons (Fsp3) is 0.348. The van der Waals surface area contributed by atoms with Gasteiger partial charge in [-0.25, -0.2) is 23.1 Å². The highest BCUT2D eigenvalue weighted by molar-refractivity contribution is 7.89. The molecule has 0 radical (unpaired) electrons. The van der Waals surface area contributed by atoms with Gasteiger partial charge in [0.2, 0.25) is 10.0 Å². The maximum absolute atomic E-state index is 12.8. The lowest BCUT2D eigenvalue weighted by Gasteiger charge is -2.33. The second-order valence-electron chi connectivity index (χ2n) is 8.47. The molecular formula is C23H26ClN7O2S. The number of fused-ring (bicyclic) bond motifs is 1. The molecule has 1 aromatic carbocycles. The largest absolute Gasteiger partial charge is 0.356 e. The van der Waals surface area contributed by atoms with E-state index >= 15 is 0 Å². The van der Waals surface area contributed by atoms with Gasteiger partial charge in [0.15, 0.2) is 0 Å². The lowest BCUT2D eigenvalue weighted by Crippen LogP contribution is -2.44. The molecule has 1 saturated heterocycles. The summed E-state index contributed by atoms with van der Waals surface area (Å²) in [4.78, 5) is 14.7. The predicted molar refractivity (Wildman–Crippen MR) is 132 cm³/mol. The van der Waals surface area contributed by atoms with E-state index < -0.39 is 10.0 Å². The second kappa shape index (κ2) is 9.36. The van der Waals surface area contributed by atoms with Gasteiger partial charge in [-0.05, 0) is 43.0 Å². The van der Waals surface area contributed by atoms with Crippen molar-refractivity contribution in [3.63, 3.8) is 0 Å². The zero-order valence-electron chi connectivity index (χ0n) is 18.8. The van der Waals surface area contributed by atoms with Gasteiger partial charge < -0.3 is 9.88 Å². The first-order valence-corrected chi connectivity index (χ1v) is 13.2. The molecule has 1 aliphatic heterocycles. The maximum Gasteiger partial charge on any atom is 0.243 e. The summed E-state index contributed by atoms with van der Waals surface area (Å²) in [5.74, 6) is 0.851. The van der Waals surface area contributed by atoms with Crippen molar-refractivity contribution in [2.24, 2.45) is 0 Å². The van der Waals surface area contributed by atoms with Crippen LogP contribution in [0.3, 0.4) is 0 Å². The van der Waals surface area contributed by atoms with Gasteiger partial charge in [0.25, 0.3) is 0 Å². The summed E-state index contributed by atoms with van der Waals surface area (Å²) in [6.45, 7) is 4.10. The molecule has 0 atom stereocenters. The number of nitrogens with one attached hydrogen (secondary N) is 2. The van der Waals surface area contributed by atoms with Crippen LogP contribution in [0.25, 0.3) is 22.3 Å². The number of piperidine rings is 1. The van der Waals surface area contributed by atoms with Crippen molar-refractivity contribution in [1.29, 1.82) is 0 Å². The third kappa shape index (κ3) is 4.66. The van der Waals surface area contributed by atoms with Crippen LogP contribution in [0.4, 0.5) is 5.82 Å². The number of H-pyrrole nitrogens is 1. The summed E-state index contributed by atoms with van der Waals surface area (Å²) in [5, 5.41) is 5.77. The number of anilines is 1. The van der Waals surface area contributed by atoms with Crippen LogP contribution in [0.15, 0.2) is 53.9 Å². The fourth-order valence-electron chi connectivity index (χ4n) is 4.30. The standard InChI is InChI=1S/C23H26ClN7O2S/c1-2-9-31-14-19(13-27-31)34(32,33)29-18-7-10-30(11-8-18)23-20-12-21(28-22(20)25-15-26-23)16-3-5-17(24)6-4-16/h3-6,12-15,18,29H,2,7-11H2,1H3,(H,25,26,28). The summed E-state index contributed by atoms with van der Waals surface area (Å²) in [5.41, 5.74) is 2.73. The van der Waals surface area contributed by atoms with Crippen LogP contribution in [0.2, 0.25) is 5.02 Å². The van der Waals surface area contributed by atoms with Gasteiger partial charge >= 0.3 is 0 Å². The first kappa shape index (κ1) is 22.8. The number of aromatic amines is 1. The van der Waals surface area contributed by atoms with Gasteiger partial charge in [0.05, 0.1) is 11.6 Å². The summed E-state index contributed by atoms with van der Waals surface area (Å²) < 4.78 is 30.1. The van der Waals surface area contributed by atoms with Crippen molar-refractivity contribution in [1.82, 2.24) is 29.5 Å². The Morgan fingerprint density at radius 2 is 1.94 bits per heavy atom. The SMILES string of the molecule is CCCn1cc(S(=O)(=O)NC2CCN(c3ncnc4[nH]c(-c5ccc(Cl)cc5)cc34)CC2)cn1. The van der Waals surface area contributed by atoms with E-state index in [1.165, 1.54) is 6.20 Å². The average Bonchev–Trinajstić information content (AvgIpc) is 3.48. The molecular weight excluding hydrogens is 474 g/mol. The summed E-state index contributed by atoms with van der Waals surface area (Å²) in [7, 11) is -3.60. The highest BCUT2D eigenvalue weighted by atomic mass is 35.5. The Hall–Kier alpha value is -2.95. The molecule has 34 heavy (non-hydrogen) atoms. The van der Waals surface area contributed by atoms with E-state index in [4.69, 9.17) is 11.6 Å². The number of rotatable bonds is 7. The highest BCUT2D eigenvalue weighted by Crippen LogP contribution is 2.30. The van der Waals surface area contributed by atoms with E-state index in [1.807, 2.05) is 31.2 Å². The van der Waals surface area contributed by atoms with Crippen LogP contribution >= 0.6 is 11.6 Å². The van der Waals surface area contributed by atoms with Crippen LogP contribution in [0.5, 0.6) is 0 Å². The van der Waals surface area contributed by atoms with Crippen LogP contribution < -0.4 is 9.62 Å². The molecule has 0 unspecified atom stereocenters. The van der Waals surface area contributed by atoms with Crippen LogP contribution in [0, 0.1) is 0 Å². The molecule has 178 valence electrons. The van der Waals surface area contributed by atoms with Crippen LogP contribution in [-0.2, 0) is 16.6 Å². The van der Waals surface area contributed by atoms with E-state index in [1.54, 1.807) is 17.2 Å². The molecule has 2 N–H and O–H groups in total. The minimum Gasteiger partial charge on any atom is -0.356 e. The van der Waals surface area contributed by atoms with Crippen LogP contribution in [0.1, 0.15) is 26.2 Å². The molecule has 0 saturated carbocycles. The monoisotopic (exact) mass is 499 g/mol. The Morgan fingerprint density at radius 3 is 2.68 bits per heavy atom. The lowest BCUT2D eigenvalue weighted by molar-refractivity contribution is 0.459. The highest BCUT2D eigenvalue weighted by Gasteiger charge is 2.27. The van der Waals surface area contributed by atoms with E-state index in [2.05, 4.69) is 35.7 Å². The third-order valence-electron chi connectivity index (χ3n) is 6.05. The van der Waals surface area contributed by atoms with Gasteiger partial charge in [-0.15, -0.1) is 0 Å². The Bertz CT molecular complexity index is 1390. The molecule has 9 nitrogen and oxygen atoms in total. The molecule has 0 aliphatic carbocycles. The predicted octanol–water partition coefficient (Wildman–Crippen LogP) is 3.83. The molecule has 5 rings (SSSR count). The van der Waals surface area contributed by atoms with Crippen molar-refractivity contribution in [2.45, 2.75) is 43.7 Å². The number of aromatic nitrogens is 5. The molecule has 11 heteroatoms. The van der Waals surface area contributed by atoms with E-state index in [-0.39, 0.29) is 10.9 Å². The number of hydrogen-bond acceptors (Lipinski definition) is 6. The zero-order chi connectivity index (χ0) is 23.7. The van der Waals surface area contributed by atoms with Gasteiger partial charge in [0.1, 0.15) is 22.7 Å². The molecule has 0 amide bonds. The Kier molecular flexibility index (Phi) is 6.28. The van der Waals surface area contributed by atoms with E-state index in [0.717, 1.165) is 34.5 Å². The number of sulfonamides is 1. The molecule has 3 aromatic heterocycles. The normalized spacial score (nSPS) is 15.3. The molecule has 4 heterocycles. The average molecular weight is 500 g/mol. The molecule has 0 spiro atoms. The Morgan fingerprint density at radius 1 is 1.18 bits per heavy atom. The summed E-state index contributed by atoms with van der Waals surface area (Å²) >= 11 is 6.02. The van der Waals surface area contributed by atoms with E-state index in [0.29, 0.717) is 37.5 Å². The van der Waals surface area contributed by atoms with Crippen molar-refractivity contribution >= 4 is 38.5 Å². The van der Waals surface area contributed by atoms with Crippen molar-refractivity contribution < 1.29 is 8.42 Å². The molecule has 4 aromatic rings. The number of hydrogen-bond donors (Lipinski definition) is 2. The Labute approximate surface area is 203 Å². The second-order valence-corrected chi connectivity index (χ2v) is 10.6. The number of benzene rings is 1. The molecule has 1 fully saturated rings. The first-order chi connectivity index (χ1) is 16.4.